The number of carbonyl (C=O) groups excluding carboxylic acids is 2. The highest BCUT2D eigenvalue weighted by molar-refractivity contribution is 9.10. The van der Waals surface area contributed by atoms with Crippen LogP contribution >= 0.6 is 27.7 Å². The molecule has 0 saturated carbocycles. The summed E-state index contributed by atoms with van der Waals surface area (Å²) in [5.74, 6) is 0.201. The van der Waals surface area contributed by atoms with E-state index in [0.717, 1.165) is 21.8 Å². The predicted octanol–water partition coefficient (Wildman–Crippen LogP) is 5.21. The number of nitrogens with two attached hydrogens (primary N) is 1. The van der Waals surface area contributed by atoms with Gasteiger partial charge < -0.3 is 14.5 Å². The van der Waals surface area contributed by atoms with Gasteiger partial charge in [-0.2, -0.15) is 5.10 Å². The average molecular weight is 695 g/mol. The molecule has 3 aromatic carbocycles. The lowest BCUT2D eigenvalue weighted by Crippen LogP contribution is -2.28. The molecule has 2 heterocycles. The lowest BCUT2D eigenvalue weighted by molar-refractivity contribution is -0.122. The van der Waals surface area contributed by atoms with Crippen LogP contribution in [0, 0.1) is 0 Å². The Morgan fingerprint density at radius 2 is 1.80 bits per heavy atom. The molecule has 0 spiro atoms. The maximum Gasteiger partial charge on any atom is 0.267 e. The molecule has 5 rings (SSSR count). The Hall–Kier alpha value is -4.50. The third-order valence-electron chi connectivity index (χ3n) is 6.03. The van der Waals surface area contributed by atoms with Gasteiger partial charge in [0.1, 0.15) is 11.5 Å². The number of sulfonamides is 1. The molecule has 0 atom stereocenters. The number of benzene rings is 3. The van der Waals surface area contributed by atoms with Crippen LogP contribution in [0.3, 0.4) is 0 Å². The topological polar surface area (TPSA) is 157 Å². The molecule has 1 aromatic heterocycles. The van der Waals surface area contributed by atoms with Crippen molar-refractivity contribution < 1.29 is 27.2 Å². The predicted molar refractivity (Wildman–Crippen MR) is 172 cm³/mol. The summed E-state index contributed by atoms with van der Waals surface area (Å²) < 4.78 is 35.1. The number of halogens is 1. The van der Waals surface area contributed by atoms with Gasteiger partial charge in [0.2, 0.25) is 10.0 Å². The molecule has 1 aliphatic heterocycles. The van der Waals surface area contributed by atoms with E-state index in [1.54, 1.807) is 48.7 Å². The van der Waals surface area contributed by atoms with Gasteiger partial charge in [-0.25, -0.2) is 13.6 Å². The average Bonchev–Trinajstić information content (AvgIpc) is 3.62. The van der Waals surface area contributed by atoms with E-state index in [4.69, 9.17) is 14.3 Å². The van der Waals surface area contributed by atoms with E-state index in [-0.39, 0.29) is 24.0 Å². The zero-order chi connectivity index (χ0) is 31.1. The standard InChI is InChI=1S/C30H24BrN5O6S2/c31-22-9-7-20(8-10-22)17-33-35-30-36(18-24-5-3-15-41-24)29(38)27(43-30)16-21-4-1-2-6-26(21)42-19-28(37)34-23-11-13-25(14-12-23)44(32,39)40/h1-17H,18-19H2,(H,34,37)(H2,32,39,40)/b27-16-,33-17-,35-30+. The van der Waals surface area contributed by atoms with E-state index in [2.05, 4.69) is 31.4 Å². The normalized spacial score (nSPS) is 15.4. The molecule has 0 unspecified atom stereocenters. The Morgan fingerprint density at radius 3 is 2.50 bits per heavy atom. The monoisotopic (exact) mass is 693 g/mol. The Balaban J connectivity index is 1.31. The summed E-state index contributed by atoms with van der Waals surface area (Å²) in [6.45, 7) is -0.167. The molecule has 11 nitrogen and oxygen atoms in total. The van der Waals surface area contributed by atoms with Gasteiger partial charge in [0.15, 0.2) is 11.8 Å². The second kappa shape index (κ2) is 13.9. The zero-order valence-electron chi connectivity index (χ0n) is 22.8. The summed E-state index contributed by atoms with van der Waals surface area (Å²) in [5, 5.41) is 16.6. The van der Waals surface area contributed by atoms with Crippen molar-refractivity contribution in [2.45, 2.75) is 11.4 Å². The molecule has 1 aliphatic rings. The number of rotatable bonds is 10. The zero-order valence-corrected chi connectivity index (χ0v) is 26.0. The molecule has 3 N–H and O–H groups in total. The number of amidine groups is 1. The number of ether oxygens (including phenoxy) is 1. The molecule has 2 amide bonds. The highest BCUT2D eigenvalue weighted by atomic mass is 79.9. The first-order chi connectivity index (χ1) is 21.2. The van der Waals surface area contributed by atoms with Crippen molar-refractivity contribution in [2.24, 2.45) is 15.3 Å². The second-order valence-corrected chi connectivity index (χ2v) is 12.7. The summed E-state index contributed by atoms with van der Waals surface area (Å²) >= 11 is 4.56. The summed E-state index contributed by atoms with van der Waals surface area (Å²) in [6.07, 6.45) is 4.80. The van der Waals surface area contributed by atoms with Crippen molar-refractivity contribution in [3.8, 4) is 5.75 Å². The van der Waals surface area contributed by atoms with Crippen LogP contribution in [0.2, 0.25) is 0 Å². The molecular weight excluding hydrogens is 670 g/mol. The Bertz CT molecular complexity index is 1860. The lowest BCUT2D eigenvalue weighted by Gasteiger charge is -2.12. The van der Waals surface area contributed by atoms with Crippen molar-refractivity contribution in [1.29, 1.82) is 0 Å². The number of thioether (sulfide) groups is 1. The Morgan fingerprint density at radius 1 is 1.05 bits per heavy atom. The number of amides is 2. The van der Waals surface area contributed by atoms with Crippen molar-refractivity contribution in [1.82, 2.24) is 4.90 Å². The van der Waals surface area contributed by atoms with Crippen LogP contribution in [-0.2, 0) is 26.2 Å². The maximum atomic E-state index is 13.5. The molecule has 1 saturated heterocycles. The number of hydrogen-bond donors (Lipinski definition) is 2. The lowest BCUT2D eigenvalue weighted by atomic mass is 10.2. The van der Waals surface area contributed by atoms with E-state index in [1.165, 1.54) is 35.4 Å². The van der Waals surface area contributed by atoms with Crippen LogP contribution < -0.4 is 15.2 Å². The van der Waals surface area contributed by atoms with E-state index in [9.17, 15) is 18.0 Å². The van der Waals surface area contributed by atoms with Gasteiger partial charge in [0.05, 0.1) is 28.8 Å². The highest BCUT2D eigenvalue weighted by Gasteiger charge is 2.34. The van der Waals surface area contributed by atoms with Crippen LogP contribution in [-0.4, -0.2) is 43.1 Å². The third kappa shape index (κ3) is 8.11. The molecule has 14 heteroatoms. The van der Waals surface area contributed by atoms with Gasteiger partial charge >= 0.3 is 0 Å². The third-order valence-corrected chi connectivity index (χ3v) is 8.49. The highest BCUT2D eigenvalue weighted by Crippen LogP contribution is 2.35. The van der Waals surface area contributed by atoms with E-state index in [1.807, 2.05) is 24.3 Å². The van der Waals surface area contributed by atoms with Crippen molar-refractivity contribution in [2.75, 3.05) is 11.9 Å². The molecule has 0 bridgehead atoms. The van der Waals surface area contributed by atoms with Gasteiger partial charge in [-0.15, -0.1) is 5.10 Å². The van der Waals surface area contributed by atoms with Crippen LogP contribution in [0.4, 0.5) is 5.69 Å². The quantitative estimate of drug-likeness (QED) is 0.131. The Kier molecular flexibility index (Phi) is 9.75. The fourth-order valence-corrected chi connectivity index (χ4v) is 5.62. The number of nitrogens with zero attached hydrogens (tertiary/aromatic N) is 3. The van der Waals surface area contributed by atoms with Crippen LogP contribution in [0.25, 0.3) is 6.08 Å². The van der Waals surface area contributed by atoms with Crippen molar-refractivity contribution in [3.63, 3.8) is 0 Å². The molecule has 0 radical (unpaired) electrons. The first-order valence-corrected chi connectivity index (χ1v) is 16.1. The molecule has 44 heavy (non-hydrogen) atoms. The number of nitrogens with one attached hydrogen (secondary N) is 1. The molecule has 1 fully saturated rings. The van der Waals surface area contributed by atoms with Gasteiger partial charge in [-0.3, -0.25) is 14.5 Å². The minimum absolute atomic E-state index is 0.0691. The van der Waals surface area contributed by atoms with Crippen molar-refractivity contribution >= 4 is 72.7 Å². The number of furan rings is 1. The van der Waals surface area contributed by atoms with Gasteiger partial charge in [0.25, 0.3) is 11.8 Å². The summed E-state index contributed by atoms with van der Waals surface area (Å²) in [7, 11) is -3.84. The minimum atomic E-state index is -3.84. The molecule has 4 aromatic rings. The molecular formula is C30H24BrN5O6S2. The minimum Gasteiger partial charge on any atom is -0.483 e. The number of carbonyl (C=O) groups is 2. The fourth-order valence-electron chi connectivity index (χ4n) is 3.91. The summed E-state index contributed by atoms with van der Waals surface area (Å²) in [4.78, 5) is 27.8. The van der Waals surface area contributed by atoms with Crippen LogP contribution in [0.5, 0.6) is 5.75 Å². The fraction of sp³-hybridized carbons (Fsp3) is 0.0667. The van der Waals surface area contributed by atoms with Crippen molar-refractivity contribution in [3.05, 3.63) is 117 Å². The van der Waals surface area contributed by atoms with Gasteiger partial charge in [-0.1, -0.05) is 46.3 Å². The van der Waals surface area contributed by atoms with Crippen LogP contribution in [0.15, 0.2) is 120 Å². The van der Waals surface area contributed by atoms with Gasteiger partial charge in [-0.05, 0) is 78.0 Å². The van der Waals surface area contributed by atoms with E-state index >= 15 is 0 Å². The summed E-state index contributed by atoms with van der Waals surface area (Å²) in [5.41, 5.74) is 1.79. The number of anilines is 1. The first kappa shape index (κ1) is 30.9. The Labute approximate surface area is 265 Å². The van der Waals surface area contributed by atoms with Crippen LogP contribution in [0.1, 0.15) is 16.9 Å². The number of hydrogen-bond acceptors (Lipinski definition) is 9. The SMILES string of the molecule is NS(=O)(=O)c1ccc(NC(=O)COc2ccccc2/C=C2\S/C(=N/N=C\c3ccc(Br)cc3)N(Cc3ccco3)C2=O)cc1. The second-order valence-electron chi connectivity index (χ2n) is 9.20. The van der Waals surface area contributed by atoms with Gasteiger partial charge in [0, 0.05) is 15.7 Å². The molecule has 224 valence electrons. The van der Waals surface area contributed by atoms with E-state index < -0.39 is 15.9 Å². The molecule has 0 aliphatic carbocycles. The first-order valence-electron chi connectivity index (χ1n) is 12.9. The summed E-state index contributed by atoms with van der Waals surface area (Å²) in [6, 6.07) is 23.5. The number of primary sulfonamides is 1. The van der Waals surface area contributed by atoms with E-state index in [0.29, 0.717) is 32.8 Å². The largest absolute Gasteiger partial charge is 0.483 e. The maximum absolute atomic E-state index is 13.5. The smallest absolute Gasteiger partial charge is 0.267 e. The number of para-hydroxylation sites is 1.